The molecule has 1 aliphatic heterocycles. The highest BCUT2D eigenvalue weighted by Crippen LogP contribution is 2.27. The molecule has 1 amide bonds. The number of carbonyl (C=O) groups excluding carboxylic acids is 1. The molecule has 2 rings (SSSR count). The van der Waals surface area contributed by atoms with Gasteiger partial charge in [0.1, 0.15) is 5.82 Å². The fraction of sp³-hybridized carbons (Fsp3) is 0.571. The van der Waals surface area contributed by atoms with Crippen LogP contribution in [0.25, 0.3) is 0 Å². The van der Waals surface area contributed by atoms with Crippen molar-refractivity contribution in [3.8, 4) is 0 Å². The van der Waals surface area contributed by atoms with Crippen molar-refractivity contribution in [2.24, 2.45) is 17.4 Å². The van der Waals surface area contributed by atoms with Gasteiger partial charge in [0.15, 0.2) is 0 Å². The highest BCUT2D eigenvalue weighted by molar-refractivity contribution is 5.74. The molecule has 1 saturated heterocycles. The van der Waals surface area contributed by atoms with Gasteiger partial charge >= 0.3 is 0 Å². The minimum Gasteiger partial charge on any atom is -0.370 e. The van der Waals surface area contributed by atoms with Crippen molar-refractivity contribution < 1.29 is 4.79 Å². The number of nitrogens with two attached hydrogens (primary N) is 2. The lowest BCUT2D eigenvalue weighted by atomic mass is 9.93. The molecule has 0 saturated carbocycles. The second-order valence-electron chi connectivity index (χ2n) is 5.23. The first-order valence-corrected chi connectivity index (χ1v) is 6.79. The van der Waals surface area contributed by atoms with Gasteiger partial charge in [0.25, 0.3) is 0 Å². The molecular formula is C14H22N4O. The summed E-state index contributed by atoms with van der Waals surface area (Å²) >= 11 is 0. The van der Waals surface area contributed by atoms with Crippen LogP contribution in [-0.4, -0.2) is 24.0 Å². The Bertz CT molecular complexity index is 453. The van der Waals surface area contributed by atoms with Crippen LogP contribution >= 0.6 is 0 Å². The molecule has 1 aliphatic rings. The average Bonchev–Trinajstić information content (AvgIpc) is 2.38. The largest absolute Gasteiger partial charge is 0.370 e. The van der Waals surface area contributed by atoms with Gasteiger partial charge in [-0.2, -0.15) is 0 Å². The van der Waals surface area contributed by atoms with Gasteiger partial charge in [-0.3, -0.25) is 4.79 Å². The van der Waals surface area contributed by atoms with Crippen molar-refractivity contribution in [2.75, 3.05) is 18.0 Å². The Kier molecular flexibility index (Phi) is 4.37. The van der Waals surface area contributed by atoms with E-state index in [4.69, 9.17) is 11.5 Å². The van der Waals surface area contributed by atoms with Crippen LogP contribution in [0.2, 0.25) is 0 Å². The first-order chi connectivity index (χ1) is 9.11. The van der Waals surface area contributed by atoms with Crippen LogP contribution in [0.4, 0.5) is 5.82 Å². The Morgan fingerprint density at radius 3 is 2.74 bits per heavy atom. The topological polar surface area (TPSA) is 85.2 Å². The molecule has 5 heteroatoms. The van der Waals surface area contributed by atoms with E-state index in [0.717, 1.165) is 37.3 Å². The van der Waals surface area contributed by atoms with E-state index in [-0.39, 0.29) is 5.91 Å². The minimum absolute atomic E-state index is 0.199. The van der Waals surface area contributed by atoms with Crippen LogP contribution in [0.3, 0.4) is 0 Å². The zero-order valence-electron chi connectivity index (χ0n) is 11.4. The summed E-state index contributed by atoms with van der Waals surface area (Å²) in [4.78, 5) is 17.7. The number of pyridine rings is 1. The molecule has 1 fully saturated rings. The van der Waals surface area contributed by atoms with E-state index in [1.807, 2.05) is 12.3 Å². The van der Waals surface area contributed by atoms with E-state index >= 15 is 0 Å². The predicted octanol–water partition coefficient (Wildman–Crippen LogP) is 0.941. The number of piperidine rings is 1. The van der Waals surface area contributed by atoms with E-state index in [1.165, 1.54) is 5.56 Å². The van der Waals surface area contributed by atoms with E-state index in [1.54, 1.807) is 0 Å². The monoisotopic (exact) mass is 262 g/mol. The molecule has 0 radical (unpaired) electrons. The van der Waals surface area contributed by atoms with Gasteiger partial charge in [-0.1, -0.05) is 0 Å². The summed E-state index contributed by atoms with van der Waals surface area (Å²) in [5.74, 6) is 1.22. The summed E-state index contributed by atoms with van der Waals surface area (Å²) in [6, 6.07) is 1.99. The number of nitrogens with zero attached hydrogens (tertiary/aromatic N) is 2. The summed E-state index contributed by atoms with van der Waals surface area (Å²) in [6.45, 7) is 4.41. The number of hydrogen-bond acceptors (Lipinski definition) is 4. The third-order valence-corrected chi connectivity index (χ3v) is 3.88. The molecule has 2 heterocycles. The summed E-state index contributed by atoms with van der Waals surface area (Å²) in [6.07, 6.45) is 4.31. The van der Waals surface area contributed by atoms with Gasteiger partial charge in [0.05, 0.1) is 0 Å². The molecule has 0 spiro atoms. The maximum absolute atomic E-state index is 10.9. The SMILES string of the molecule is Cc1ccnc(N2CCC(CC(N)=O)CC2)c1CN. The average molecular weight is 262 g/mol. The Morgan fingerprint density at radius 2 is 2.16 bits per heavy atom. The number of amides is 1. The van der Waals surface area contributed by atoms with Crippen molar-refractivity contribution in [3.63, 3.8) is 0 Å². The standard InChI is InChI=1S/C14H22N4O/c1-10-2-5-17-14(12(10)9-15)18-6-3-11(4-7-18)8-13(16)19/h2,5,11H,3-4,6-9,15H2,1H3,(H2,16,19). The van der Waals surface area contributed by atoms with Crippen LogP contribution in [0, 0.1) is 12.8 Å². The molecule has 4 N–H and O–H groups in total. The molecular weight excluding hydrogens is 240 g/mol. The van der Waals surface area contributed by atoms with E-state index < -0.39 is 0 Å². The number of rotatable bonds is 4. The van der Waals surface area contributed by atoms with Crippen molar-refractivity contribution in [3.05, 3.63) is 23.4 Å². The van der Waals surface area contributed by atoms with Crippen molar-refractivity contribution in [1.29, 1.82) is 0 Å². The highest BCUT2D eigenvalue weighted by Gasteiger charge is 2.23. The molecule has 0 aromatic carbocycles. The second kappa shape index (κ2) is 6.02. The van der Waals surface area contributed by atoms with Crippen LogP contribution < -0.4 is 16.4 Å². The molecule has 0 atom stereocenters. The van der Waals surface area contributed by atoms with E-state index in [9.17, 15) is 4.79 Å². The summed E-state index contributed by atoms with van der Waals surface area (Å²) in [5, 5.41) is 0. The lowest BCUT2D eigenvalue weighted by molar-refractivity contribution is -0.119. The molecule has 5 nitrogen and oxygen atoms in total. The van der Waals surface area contributed by atoms with Gasteiger partial charge in [0.2, 0.25) is 5.91 Å². The van der Waals surface area contributed by atoms with Gasteiger partial charge < -0.3 is 16.4 Å². The summed E-state index contributed by atoms with van der Waals surface area (Å²) in [7, 11) is 0. The zero-order chi connectivity index (χ0) is 13.8. The molecule has 104 valence electrons. The molecule has 1 aromatic heterocycles. The maximum Gasteiger partial charge on any atom is 0.217 e. The third-order valence-electron chi connectivity index (χ3n) is 3.88. The Morgan fingerprint density at radius 1 is 1.47 bits per heavy atom. The van der Waals surface area contributed by atoms with Crippen LogP contribution in [0.1, 0.15) is 30.4 Å². The summed E-state index contributed by atoms with van der Waals surface area (Å²) < 4.78 is 0. The molecule has 19 heavy (non-hydrogen) atoms. The smallest absolute Gasteiger partial charge is 0.217 e. The van der Waals surface area contributed by atoms with Gasteiger partial charge in [-0.25, -0.2) is 4.98 Å². The molecule has 0 bridgehead atoms. The Hall–Kier alpha value is -1.62. The van der Waals surface area contributed by atoms with Crippen LogP contribution in [0.15, 0.2) is 12.3 Å². The number of aromatic nitrogens is 1. The molecule has 0 aliphatic carbocycles. The van der Waals surface area contributed by atoms with Crippen LogP contribution in [0.5, 0.6) is 0 Å². The van der Waals surface area contributed by atoms with E-state index in [0.29, 0.717) is 18.9 Å². The van der Waals surface area contributed by atoms with Gasteiger partial charge in [-0.15, -0.1) is 0 Å². The maximum atomic E-state index is 10.9. The first kappa shape index (κ1) is 13.8. The lowest BCUT2D eigenvalue weighted by Crippen LogP contribution is -2.36. The normalized spacial score (nSPS) is 16.6. The number of carbonyl (C=O) groups is 1. The third kappa shape index (κ3) is 3.23. The Balaban J connectivity index is 2.05. The molecule has 1 aromatic rings. The van der Waals surface area contributed by atoms with Crippen LogP contribution in [-0.2, 0) is 11.3 Å². The second-order valence-corrected chi connectivity index (χ2v) is 5.23. The van der Waals surface area contributed by atoms with E-state index in [2.05, 4.69) is 16.8 Å². The number of anilines is 1. The lowest BCUT2D eigenvalue weighted by Gasteiger charge is -2.33. The Labute approximate surface area is 114 Å². The molecule has 0 unspecified atom stereocenters. The number of hydrogen-bond donors (Lipinski definition) is 2. The predicted molar refractivity (Wildman–Crippen MR) is 75.6 cm³/mol. The van der Waals surface area contributed by atoms with Gasteiger partial charge in [0, 0.05) is 37.8 Å². The van der Waals surface area contributed by atoms with Crippen molar-refractivity contribution in [1.82, 2.24) is 4.98 Å². The number of primary amides is 1. The zero-order valence-corrected chi connectivity index (χ0v) is 11.4. The van der Waals surface area contributed by atoms with Crippen molar-refractivity contribution in [2.45, 2.75) is 32.7 Å². The van der Waals surface area contributed by atoms with Gasteiger partial charge in [-0.05, 0) is 37.3 Å². The first-order valence-electron chi connectivity index (χ1n) is 6.79. The quantitative estimate of drug-likeness (QED) is 0.845. The number of aryl methyl sites for hydroxylation is 1. The fourth-order valence-electron chi connectivity index (χ4n) is 2.73. The summed E-state index contributed by atoms with van der Waals surface area (Å²) in [5.41, 5.74) is 13.4. The minimum atomic E-state index is -0.199. The fourth-order valence-corrected chi connectivity index (χ4v) is 2.73. The van der Waals surface area contributed by atoms with Crippen molar-refractivity contribution >= 4 is 11.7 Å². The highest BCUT2D eigenvalue weighted by atomic mass is 16.1.